The Labute approximate surface area is 163 Å². The van der Waals surface area contributed by atoms with E-state index in [2.05, 4.69) is 32.0 Å². The van der Waals surface area contributed by atoms with Crippen molar-refractivity contribution in [3.05, 3.63) is 26.6 Å². The van der Waals surface area contributed by atoms with E-state index < -0.39 is 0 Å². The van der Waals surface area contributed by atoms with Crippen molar-refractivity contribution in [2.24, 2.45) is 0 Å². The Bertz CT molecular complexity index is 836. The van der Waals surface area contributed by atoms with Gasteiger partial charge in [-0.15, -0.1) is 11.3 Å². The van der Waals surface area contributed by atoms with Crippen molar-refractivity contribution in [3.8, 4) is 0 Å². The molecule has 6 nitrogen and oxygen atoms in total. The van der Waals surface area contributed by atoms with Gasteiger partial charge in [-0.3, -0.25) is 9.69 Å². The molecule has 8 heteroatoms. The van der Waals surface area contributed by atoms with E-state index in [9.17, 15) is 4.79 Å². The number of aryl methyl sites for hydroxylation is 2. The minimum atomic E-state index is -0.0215. The summed E-state index contributed by atoms with van der Waals surface area (Å²) in [6, 6.07) is 0. The van der Waals surface area contributed by atoms with Gasteiger partial charge in [0, 0.05) is 37.6 Å². The van der Waals surface area contributed by atoms with Gasteiger partial charge in [0.2, 0.25) is 0 Å². The highest BCUT2D eigenvalue weighted by Gasteiger charge is 2.20. The monoisotopic (exact) mass is 393 g/mol. The summed E-state index contributed by atoms with van der Waals surface area (Å²) in [6.45, 7) is 11.5. The first-order chi connectivity index (χ1) is 12.5. The highest BCUT2D eigenvalue weighted by atomic mass is 32.1. The Balaban J connectivity index is 1.59. The van der Waals surface area contributed by atoms with Crippen LogP contribution in [0.1, 0.15) is 36.0 Å². The topological polar surface area (TPSA) is 64.3 Å². The predicted octanol–water partition coefficient (Wildman–Crippen LogP) is 2.39. The minimum absolute atomic E-state index is 0.0215. The number of hydrogen-bond donors (Lipinski definition) is 2. The molecule has 0 bridgehead atoms. The van der Waals surface area contributed by atoms with E-state index in [0.29, 0.717) is 6.54 Å². The Morgan fingerprint density at radius 2 is 2.04 bits per heavy atom. The van der Waals surface area contributed by atoms with E-state index in [1.165, 1.54) is 6.42 Å². The second-order valence-corrected chi connectivity index (χ2v) is 8.41. The Morgan fingerprint density at radius 3 is 2.73 bits per heavy atom. The van der Waals surface area contributed by atoms with Crippen LogP contribution in [0.5, 0.6) is 0 Å². The normalized spacial score (nSPS) is 15.6. The van der Waals surface area contributed by atoms with E-state index in [0.717, 1.165) is 70.7 Å². The zero-order valence-corrected chi connectivity index (χ0v) is 17.4. The number of thiophene rings is 1. The summed E-state index contributed by atoms with van der Waals surface area (Å²) in [4.78, 5) is 26.6. The van der Waals surface area contributed by atoms with E-state index in [-0.39, 0.29) is 5.56 Å². The van der Waals surface area contributed by atoms with Crippen LogP contribution in [-0.4, -0.2) is 57.6 Å². The van der Waals surface area contributed by atoms with E-state index >= 15 is 0 Å². The summed E-state index contributed by atoms with van der Waals surface area (Å²) in [5.41, 5.74) is 1.02. The van der Waals surface area contributed by atoms with Crippen LogP contribution in [0, 0.1) is 13.8 Å². The van der Waals surface area contributed by atoms with E-state index in [4.69, 9.17) is 12.2 Å². The molecule has 0 unspecified atom stereocenters. The van der Waals surface area contributed by atoms with Crippen LogP contribution >= 0.6 is 23.6 Å². The number of aromatic amines is 1. The molecule has 1 fully saturated rings. The van der Waals surface area contributed by atoms with Crippen molar-refractivity contribution in [2.75, 3.05) is 32.7 Å². The highest BCUT2D eigenvalue weighted by molar-refractivity contribution is 7.80. The molecule has 2 aromatic heterocycles. The third-order valence-corrected chi connectivity index (χ3v) is 6.43. The first-order valence-electron chi connectivity index (χ1n) is 9.23. The van der Waals surface area contributed by atoms with Gasteiger partial charge in [0.15, 0.2) is 5.11 Å². The Hall–Kier alpha value is -1.51. The van der Waals surface area contributed by atoms with Gasteiger partial charge < -0.3 is 15.2 Å². The molecule has 0 saturated carbocycles. The number of fused-ring (bicyclic) bond motifs is 1. The maximum atomic E-state index is 12.4. The molecule has 1 aliphatic rings. The molecule has 142 valence electrons. The standard InChI is InChI=1S/C18H27N5OS2/c1-4-5-6-19-18(25)23-9-7-22(8-10-23)11-14-20-16(24)15-12(2)13(3)26-17(15)21-14/h4-11H2,1-3H3,(H,19,25)(H,20,21,24). The average Bonchev–Trinajstić information content (AvgIpc) is 2.90. The molecule has 2 N–H and O–H groups in total. The third-order valence-electron chi connectivity index (χ3n) is 4.93. The lowest BCUT2D eigenvalue weighted by molar-refractivity contribution is 0.171. The van der Waals surface area contributed by atoms with Crippen LogP contribution in [0.15, 0.2) is 4.79 Å². The van der Waals surface area contributed by atoms with Crippen LogP contribution in [0.3, 0.4) is 0 Å². The van der Waals surface area contributed by atoms with Crippen LogP contribution in [-0.2, 0) is 6.54 Å². The Kier molecular flexibility index (Phi) is 6.26. The van der Waals surface area contributed by atoms with Gasteiger partial charge in [0.25, 0.3) is 5.56 Å². The van der Waals surface area contributed by atoms with Gasteiger partial charge in [0.1, 0.15) is 10.7 Å². The first-order valence-corrected chi connectivity index (χ1v) is 10.5. The number of H-pyrrole nitrogens is 1. The molecule has 0 spiro atoms. The summed E-state index contributed by atoms with van der Waals surface area (Å²) in [5, 5.41) is 4.93. The lowest BCUT2D eigenvalue weighted by Crippen LogP contribution is -2.51. The Morgan fingerprint density at radius 1 is 1.31 bits per heavy atom. The van der Waals surface area contributed by atoms with Gasteiger partial charge in [0.05, 0.1) is 11.9 Å². The number of unbranched alkanes of at least 4 members (excludes halogenated alkanes) is 1. The number of hydrogen-bond acceptors (Lipinski definition) is 5. The summed E-state index contributed by atoms with van der Waals surface area (Å²) in [7, 11) is 0. The van der Waals surface area contributed by atoms with Gasteiger partial charge in [-0.2, -0.15) is 0 Å². The molecule has 3 rings (SSSR count). The van der Waals surface area contributed by atoms with E-state index in [1.807, 2.05) is 13.8 Å². The molecule has 1 saturated heterocycles. The number of thiocarbonyl (C=S) groups is 1. The molecule has 3 heterocycles. The maximum absolute atomic E-state index is 12.4. The fraction of sp³-hybridized carbons (Fsp3) is 0.611. The first kappa shape index (κ1) is 19.3. The maximum Gasteiger partial charge on any atom is 0.259 e. The molecule has 1 aliphatic heterocycles. The molecular formula is C18H27N5OS2. The zero-order chi connectivity index (χ0) is 18.7. The number of rotatable bonds is 5. The van der Waals surface area contributed by atoms with Crippen LogP contribution < -0.4 is 10.9 Å². The number of nitrogens with zero attached hydrogens (tertiary/aromatic N) is 3. The molecule has 26 heavy (non-hydrogen) atoms. The lowest BCUT2D eigenvalue weighted by atomic mass is 10.2. The third kappa shape index (κ3) is 4.24. The molecule has 0 aromatic carbocycles. The fourth-order valence-corrected chi connectivity index (χ4v) is 4.51. The summed E-state index contributed by atoms with van der Waals surface area (Å²) >= 11 is 7.08. The van der Waals surface area contributed by atoms with E-state index in [1.54, 1.807) is 11.3 Å². The van der Waals surface area contributed by atoms with Gasteiger partial charge >= 0.3 is 0 Å². The molecule has 0 amide bonds. The van der Waals surface area contributed by atoms with Crippen molar-refractivity contribution in [2.45, 2.75) is 40.2 Å². The lowest BCUT2D eigenvalue weighted by Gasteiger charge is -2.35. The molecule has 0 aliphatic carbocycles. The largest absolute Gasteiger partial charge is 0.363 e. The van der Waals surface area contributed by atoms with Crippen molar-refractivity contribution < 1.29 is 0 Å². The molecule has 0 radical (unpaired) electrons. The molecule has 2 aromatic rings. The van der Waals surface area contributed by atoms with Crippen molar-refractivity contribution >= 4 is 38.9 Å². The summed E-state index contributed by atoms with van der Waals surface area (Å²) in [6.07, 6.45) is 2.31. The molecular weight excluding hydrogens is 366 g/mol. The number of piperazine rings is 1. The van der Waals surface area contributed by atoms with Crippen LogP contribution in [0.25, 0.3) is 10.2 Å². The van der Waals surface area contributed by atoms with Gasteiger partial charge in [-0.25, -0.2) is 4.98 Å². The molecule has 0 atom stereocenters. The summed E-state index contributed by atoms with van der Waals surface area (Å²) in [5.74, 6) is 0.751. The second kappa shape index (κ2) is 8.45. The average molecular weight is 394 g/mol. The van der Waals surface area contributed by atoms with Crippen molar-refractivity contribution in [1.82, 2.24) is 25.1 Å². The van der Waals surface area contributed by atoms with Crippen molar-refractivity contribution in [3.63, 3.8) is 0 Å². The number of nitrogens with one attached hydrogen (secondary N) is 2. The quantitative estimate of drug-likeness (QED) is 0.601. The number of aromatic nitrogens is 2. The van der Waals surface area contributed by atoms with Crippen LogP contribution in [0.4, 0.5) is 0 Å². The smallest absolute Gasteiger partial charge is 0.259 e. The van der Waals surface area contributed by atoms with Gasteiger partial charge in [-0.05, 0) is 38.0 Å². The SMILES string of the molecule is CCCCNC(=S)N1CCN(Cc2nc3sc(C)c(C)c3c(=O)[nH]2)CC1. The predicted molar refractivity (Wildman–Crippen MR) is 112 cm³/mol. The highest BCUT2D eigenvalue weighted by Crippen LogP contribution is 2.25. The van der Waals surface area contributed by atoms with Crippen molar-refractivity contribution in [1.29, 1.82) is 0 Å². The summed E-state index contributed by atoms with van der Waals surface area (Å²) < 4.78 is 0. The minimum Gasteiger partial charge on any atom is -0.363 e. The van der Waals surface area contributed by atoms with Gasteiger partial charge in [-0.1, -0.05) is 13.3 Å². The fourth-order valence-electron chi connectivity index (χ4n) is 3.18. The van der Waals surface area contributed by atoms with Crippen LogP contribution in [0.2, 0.25) is 0 Å². The second-order valence-electron chi connectivity index (χ2n) is 6.82. The zero-order valence-electron chi connectivity index (χ0n) is 15.7.